The molecule has 204 valence electrons. The molecule has 2 aliphatic rings. The third-order valence-electron chi connectivity index (χ3n) is 7.37. The van der Waals surface area contributed by atoms with Crippen LogP contribution in [0.3, 0.4) is 0 Å². The van der Waals surface area contributed by atoms with Crippen molar-refractivity contribution in [1.82, 2.24) is 19.2 Å². The average molecular weight is 562 g/mol. The molecule has 7 nitrogen and oxygen atoms in total. The van der Waals surface area contributed by atoms with Gasteiger partial charge < -0.3 is 4.90 Å². The summed E-state index contributed by atoms with van der Waals surface area (Å²) in [4.78, 5) is 38.9. The second-order valence-corrected chi connectivity index (χ2v) is 11.9. The van der Waals surface area contributed by atoms with Crippen LogP contribution in [0.2, 0.25) is 0 Å². The van der Waals surface area contributed by atoms with Gasteiger partial charge in [0.1, 0.15) is 15.8 Å². The molecule has 1 amide bonds. The third-order valence-corrected chi connectivity index (χ3v) is 8.75. The number of piperazine rings is 1. The summed E-state index contributed by atoms with van der Waals surface area (Å²) >= 11 is 6.83. The van der Waals surface area contributed by atoms with Crippen LogP contribution >= 0.6 is 24.0 Å². The van der Waals surface area contributed by atoms with Crippen molar-refractivity contribution in [3.05, 3.63) is 80.6 Å². The molecule has 0 N–H and O–H groups in total. The maximum Gasteiger partial charge on any atom is 0.267 e. The maximum absolute atomic E-state index is 13.8. The van der Waals surface area contributed by atoms with Gasteiger partial charge in [0.05, 0.1) is 10.5 Å². The number of carbonyl (C=O) groups excluding carboxylic acids is 1. The summed E-state index contributed by atoms with van der Waals surface area (Å²) in [5.41, 5.74) is 3.15. The molecule has 5 rings (SSSR count). The number of unbranched alkanes of at least 4 members (excludes halogenated alkanes) is 3. The Kier molecular flexibility index (Phi) is 8.79. The highest BCUT2D eigenvalue weighted by Crippen LogP contribution is 2.34. The number of carbonyl (C=O) groups is 1. The number of pyridine rings is 1. The number of fused-ring (bicyclic) bond motifs is 1. The molecule has 0 spiro atoms. The summed E-state index contributed by atoms with van der Waals surface area (Å²) in [5, 5.41) is 0. The van der Waals surface area contributed by atoms with Gasteiger partial charge in [0, 0.05) is 45.5 Å². The monoisotopic (exact) mass is 561 g/mol. The Hall–Kier alpha value is -3.01. The summed E-state index contributed by atoms with van der Waals surface area (Å²) in [6, 6.07) is 14.3. The summed E-state index contributed by atoms with van der Waals surface area (Å²) in [5.74, 6) is 0.524. The van der Waals surface area contributed by atoms with Crippen molar-refractivity contribution in [2.24, 2.45) is 0 Å². The molecule has 9 heteroatoms. The predicted molar refractivity (Wildman–Crippen MR) is 164 cm³/mol. The second-order valence-electron chi connectivity index (χ2n) is 10.2. The van der Waals surface area contributed by atoms with Crippen molar-refractivity contribution in [1.29, 1.82) is 0 Å². The topological polar surface area (TPSA) is 61.2 Å². The highest BCUT2D eigenvalue weighted by molar-refractivity contribution is 8.26. The zero-order chi connectivity index (χ0) is 27.4. The van der Waals surface area contributed by atoms with Crippen molar-refractivity contribution >= 4 is 51.7 Å². The SMILES string of the molecule is CCCCCCN1C(=O)C(=Cc2c(N3CCN(Cc4ccccc4)CC3)nc3c(C)cccn3c2=O)SC1=S. The molecule has 0 saturated carbocycles. The number of aromatic nitrogens is 2. The Morgan fingerprint density at radius 3 is 2.51 bits per heavy atom. The van der Waals surface area contributed by atoms with E-state index >= 15 is 0 Å². The van der Waals surface area contributed by atoms with Crippen LogP contribution in [0.4, 0.5) is 5.82 Å². The fraction of sp³-hybridized carbons (Fsp3) is 0.400. The predicted octanol–water partition coefficient (Wildman–Crippen LogP) is 5.11. The number of hydrogen-bond acceptors (Lipinski definition) is 7. The number of rotatable bonds is 9. The normalized spacial score (nSPS) is 17.6. The molecule has 0 bridgehead atoms. The van der Waals surface area contributed by atoms with E-state index in [4.69, 9.17) is 17.2 Å². The number of thiocarbonyl (C=S) groups is 1. The minimum atomic E-state index is -0.168. The van der Waals surface area contributed by atoms with Crippen molar-refractivity contribution in [3.63, 3.8) is 0 Å². The molecule has 0 atom stereocenters. The minimum absolute atomic E-state index is 0.117. The van der Waals surface area contributed by atoms with Crippen LogP contribution in [0.5, 0.6) is 0 Å². The van der Waals surface area contributed by atoms with Crippen LogP contribution in [0.1, 0.15) is 49.3 Å². The van der Waals surface area contributed by atoms with E-state index in [1.807, 2.05) is 25.1 Å². The molecule has 39 heavy (non-hydrogen) atoms. The Bertz CT molecular complexity index is 1440. The van der Waals surface area contributed by atoms with Crippen LogP contribution in [0, 0.1) is 6.92 Å². The first kappa shape index (κ1) is 27.6. The quantitative estimate of drug-likeness (QED) is 0.205. The fourth-order valence-electron chi connectivity index (χ4n) is 5.15. The van der Waals surface area contributed by atoms with Crippen LogP contribution < -0.4 is 10.5 Å². The van der Waals surface area contributed by atoms with Gasteiger partial charge in [-0.2, -0.15) is 0 Å². The van der Waals surface area contributed by atoms with E-state index in [2.05, 4.69) is 41.0 Å². The maximum atomic E-state index is 13.8. The zero-order valence-corrected chi connectivity index (χ0v) is 24.3. The van der Waals surface area contributed by atoms with Gasteiger partial charge in [-0.1, -0.05) is 86.6 Å². The molecule has 1 aromatic carbocycles. The first-order valence-corrected chi connectivity index (χ1v) is 15.0. The number of benzene rings is 1. The van der Waals surface area contributed by atoms with E-state index in [1.54, 1.807) is 21.6 Å². The zero-order valence-electron chi connectivity index (χ0n) is 22.6. The number of anilines is 1. The number of nitrogens with zero attached hydrogens (tertiary/aromatic N) is 5. The van der Waals surface area contributed by atoms with E-state index in [-0.39, 0.29) is 11.5 Å². The summed E-state index contributed by atoms with van der Waals surface area (Å²) < 4.78 is 2.14. The summed E-state index contributed by atoms with van der Waals surface area (Å²) in [6.07, 6.45) is 7.75. The molecule has 4 heterocycles. The molecule has 0 aliphatic carbocycles. The average Bonchev–Trinajstić information content (AvgIpc) is 3.21. The van der Waals surface area contributed by atoms with Gasteiger partial charge in [-0.3, -0.25) is 23.8 Å². The van der Waals surface area contributed by atoms with Crippen molar-refractivity contribution in [3.8, 4) is 0 Å². The smallest absolute Gasteiger partial charge is 0.267 e. The van der Waals surface area contributed by atoms with E-state index < -0.39 is 0 Å². The van der Waals surface area contributed by atoms with Crippen molar-refractivity contribution in [2.45, 2.75) is 46.1 Å². The third kappa shape index (κ3) is 6.10. The van der Waals surface area contributed by atoms with Crippen molar-refractivity contribution in [2.75, 3.05) is 37.6 Å². The molecule has 2 aromatic heterocycles. The van der Waals surface area contributed by atoms with Gasteiger partial charge in [-0.05, 0) is 36.6 Å². The number of amides is 1. The van der Waals surface area contributed by atoms with Gasteiger partial charge in [-0.15, -0.1) is 0 Å². The van der Waals surface area contributed by atoms with Gasteiger partial charge in [0.25, 0.3) is 11.5 Å². The first-order valence-electron chi connectivity index (χ1n) is 13.7. The van der Waals surface area contributed by atoms with Gasteiger partial charge in [-0.25, -0.2) is 4.98 Å². The van der Waals surface area contributed by atoms with E-state index in [9.17, 15) is 9.59 Å². The highest BCUT2D eigenvalue weighted by atomic mass is 32.2. The summed E-state index contributed by atoms with van der Waals surface area (Å²) in [7, 11) is 0. The molecular weight excluding hydrogens is 526 g/mol. The van der Waals surface area contributed by atoms with Crippen LogP contribution in [-0.4, -0.2) is 62.1 Å². The second kappa shape index (κ2) is 12.4. The Labute approximate surface area is 239 Å². The number of hydrogen-bond donors (Lipinski definition) is 0. The summed E-state index contributed by atoms with van der Waals surface area (Å²) in [6.45, 7) is 8.88. The first-order chi connectivity index (χ1) is 19.0. The molecule has 2 fully saturated rings. The molecular formula is C30H35N5O2S2. The largest absolute Gasteiger partial charge is 0.353 e. The van der Waals surface area contributed by atoms with E-state index in [0.29, 0.717) is 32.8 Å². The molecule has 2 aliphatic heterocycles. The van der Waals surface area contributed by atoms with E-state index in [1.165, 1.54) is 17.3 Å². The lowest BCUT2D eigenvalue weighted by Gasteiger charge is -2.36. The van der Waals surface area contributed by atoms with Gasteiger partial charge >= 0.3 is 0 Å². The highest BCUT2D eigenvalue weighted by Gasteiger charge is 2.33. The number of aryl methyl sites for hydroxylation is 1. The lowest BCUT2D eigenvalue weighted by atomic mass is 10.1. The Morgan fingerprint density at radius 2 is 1.77 bits per heavy atom. The molecule has 0 unspecified atom stereocenters. The Morgan fingerprint density at radius 1 is 1.00 bits per heavy atom. The fourth-order valence-corrected chi connectivity index (χ4v) is 6.44. The number of thioether (sulfide) groups is 1. The standard InChI is InChI=1S/C30H35N5O2S2/c1-3-4-5-9-14-35-29(37)25(39-30(35)38)20-24-27(31-26-22(2)11-10-15-34(26)28(24)36)33-18-16-32(17-19-33)21-23-12-7-6-8-13-23/h6-8,10-13,15,20H,3-5,9,14,16-19,21H2,1-2H3. The molecule has 3 aromatic rings. The van der Waals surface area contributed by atoms with Crippen LogP contribution in [0.15, 0.2) is 58.4 Å². The van der Waals surface area contributed by atoms with Crippen LogP contribution in [0.25, 0.3) is 11.7 Å². The van der Waals surface area contributed by atoms with E-state index in [0.717, 1.165) is 64.0 Å². The van der Waals surface area contributed by atoms with Crippen LogP contribution in [-0.2, 0) is 11.3 Å². The minimum Gasteiger partial charge on any atom is -0.353 e. The molecule has 0 radical (unpaired) electrons. The van der Waals surface area contributed by atoms with Crippen molar-refractivity contribution < 1.29 is 4.79 Å². The van der Waals surface area contributed by atoms with Gasteiger partial charge in [0.2, 0.25) is 0 Å². The van der Waals surface area contributed by atoms with Gasteiger partial charge in [0.15, 0.2) is 0 Å². The molecule has 2 saturated heterocycles. The Balaban J connectivity index is 1.44. The lowest BCUT2D eigenvalue weighted by Crippen LogP contribution is -2.47. The lowest BCUT2D eigenvalue weighted by molar-refractivity contribution is -0.122.